The molecule has 0 bridgehead atoms. The van der Waals surface area contributed by atoms with Crippen LogP contribution in [0.5, 0.6) is 11.5 Å². The SMILES string of the molecule is COc1ccc(OC)c(-c2csc(NCCN3CCOCC3)n2)c1. The molecule has 1 N–H and O–H groups in total. The molecule has 0 saturated carbocycles. The molecule has 1 aromatic heterocycles. The van der Waals surface area contributed by atoms with Gasteiger partial charge >= 0.3 is 0 Å². The summed E-state index contributed by atoms with van der Waals surface area (Å²) in [7, 11) is 3.32. The van der Waals surface area contributed by atoms with Crippen LogP contribution in [0.3, 0.4) is 0 Å². The van der Waals surface area contributed by atoms with Crippen LogP contribution in [0.2, 0.25) is 0 Å². The lowest BCUT2D eigenvalue weighted by Crippen LogP contribution is -2.38. The van der Waals surface area contributed by atoms with Crippen LogP contribution < -0.4 is 14.8 Å². The highest BCUT2D eigenvalue weighted by molar-refractivity contribution is 7.14. The predicted octanol–water partition coefficient (Wildman–Crippen LogP) is 2.57. The minimum atomic E-state index is 0.792. The quantitative estimate of drug-likeness (QED) is 0.829. The van der Waals surface area contributed by atoms with Crippen molar-refractivity contribution in [2.45, 2.75) is 0 Å². The third-order valence-electron chi connectivity index (χ3n) is 3.99. The van der Waals surface area contributed by atoms with Crippen molar-refractivity contribution in [3.05, 3.63) is 23.6 Å². The lowest BCUT2D eigenvalue weighted by atomic mass is 10.1. The van der Waals surface area contributed by atoms with Gasteiger partial charge in [-0.2, -0.15) is 0 Å². The van der Waals surface area contributed by atoms with Gasteiger partial charge in [-0.15, -0.1) is 11.3 Å². The van der Waals surface area contributed by atoms with Gasteiger partial charge in [0.15, 0.2) is 5.13 Å². The molecule has 0 atom stereocenters. The van der Waals surface area contributed by atoms with Crippen molar-refractivity contribution in [1.29, 1.82) is 0 Å². The molecular weight excluding hydrogens is 326 g/mol. The average molecular weight is 349 g/mol. The van der Waals surface area contributed by atoms with Crippen LogP contribution in [0.1, 0.15) is 0 Å². The summed E-state index contributed by atoms with van der Waals surface area (Å²) in [6.07, 6.45) is 0. The molecule has 1 aliphatic heterocycles. The molecule has 6 nitrogen and oxygen atoms in total. The first-order valence-electron chi connectivity index (χ1n) is 8.02. The van der Waals surface area contributed by atoms with E-state index in [9.17, 15) is 0 Å². The van der Waals surface area contributed by atoms with E-state index in [0.717, 1.165) is 67.3 Å². The second kappa shape index (κ2) is 8.32. The van der Waals surface area contributed by atoms with Gasteiger partial charge in [-0.25, -0.2) is 4.98 Å². The zero-order chi connectivity index (χ0) is 16.8. The first-order valence-corrected chi connectivity index (χ1v) is 8.90. The monoisotopic (exact) mass is 349 g/mol. The number of nitrogens with one attached hydrogen (secondary N) is 1. The molecule has 7 heteroatoms. The highest BCUT2D eigenvalue weighted by atomic mass is 32.1. The smallest absolute Gasteiger partial charge is 0.183 e. The van der Waals surface area contributed by atoms with Crippen molar-refractivity contribution in [1.82, 2.24) is 9.88 Å². The van der Waals surface area contributed by atoms with Crippen LogP contribution in [0.4, 0.5) is 5.13 Å². The van der Waals surface area contributed by atoms with E-state index >= 15 is 0 Å². The lowest BCUT2D eigenvalue weighted by Gasteiger charge is -2.26. The number of thiazole rings is 1. The van der Waals surface area contributed by atoms with Crippen molar-refractivity contribution >= 4 is 16.5 Å². The van der Waals surface area contributed by atoms with Crippen molar-refractivity contribution < 1.29 is 14.2 Å². The largest absolute Gasteiger partial charge is 0.497 e. The third kappa shape index (κ3) is 4.17. The van der Waals surface area contributed by atoms with E-state index in [1.807, 2.05) is 23.6 Å². The Morgan fingerprint density at radius 2 is 2.08 bits per heavy atom. The zero-order valence-electron chi connectivity index (χ0n) is 14.1. The summed E-state index contributed by atoms with van der Waals surface area (Å²) in [5.74, 6) is 1.58. The first kappa shape index (κ1) is 17.0. The molecule has 1 fully saturated rings. The highest BCUT2D eigenvalue weighted by Crippen LogP contribution is 2.34. The maximum Gasteiger partial charge on any atom is 0.183 e. The van der Waals surface area contributed by atoms with Crippen molar-refractivity contribution in [2.75, 3.05) is 58.9 Å². The predicted molar refractivity (Wildman–Crippen MR) is 96.4 cm³/mol. The van der Waals surface area contributed by atoms with E-state index < -0.39 is 0 Å². The Balaban J connectivity index is 1.62. The summed E-state index contributed by atoms with van der Waals surface area (Å²) in [4.78, 5) is 7.07. The Labute approximate surface area is 146 Å². The van der Waals surface area contributed by atoms with Crippen molar-refractivity contribution in [2.24, 2.45) is 0 Å². The molecule has 0 unspecified atom stereocenters. The number of rotatable bonds is 7. The van der Waals surface area contributed by atoms with Gasteiger partial charge in [0, 0.05) is 37.1 Å². The van der Waals surface area contributed by atoms with E-state index in [1.165, 1.54) is 0 Å². The lowest BCUT2D eigenvalue weighted by molar-refractivity contribution is 0.0398. The van der Waals surface area contributed by atoms with Gasteiger partial charge in [-0.1, -0.05) is 0 Å². The number of ether oxygens (including phenoxy) is 3. The van der Waals surface area contributed by atoms with E-state index in [4.69, 9.17) is 14.2 Å². The zero-order valence-corrected chi connectivity index (χ0v) is 14.9. The second-order valence-corrected chi connectivity index (χ2v) is 6.34. The number of hydrogen-bond donors (Lipinski definition) is 1. The van der Waals surface area contributed by atoms with Crippen LogP contribution in [0, 0.1) is 0 Å². The number of aromatic nitrogens is 1. The normalized spacial score (nSPS) is 15.2. The molecule has 2 aromatic rings. The summed E-state index contributed by atoms with van der Waals surface area (Å²) in [5, 5.41) is 6.36. The molecule has 0 spiro atoms. The van der Waals surface area contributed by atoms with Crippen LogP contribution in [0.15, 0.2) is 23.6 Å². The topological polar surface area (TPSA) is 55.9 Å². The fourth-order valence-electron chi connectivity index (χ4n) is 2.64. The molecule has 0 aliphatic carbocycles. The van der Waals surface area contributed by atoms with Gasteiger partial charge in [0.05, 0.1) is 33.1 Å². The van der Waals surface area contributed by atoms with Crippen LogP contribution in [-0.4, -0.2) is 63.5 Å². The first-order chi connectivity index (χ1) is 11.8. The van der Waals surface area contributed by atoms with Gasteiger partial charge < -0.3 is 19.5 Å². The maximum atomic E-state index is 5.44. The number of anilines is 1. The average Bonchev–Trinajstić information content (AvgIpc) is 3.11. The molecule has 130 valence electrons. The Morgan fingerprint density at radius 1 is 1.25 bits per heavy atom. The second-order valence-electron chi connectivity index (χ2n) is 5.48. The molecule has 24 heavy (non-hydrogen) atoms. The molecule has 1 aromatic carbocycles. The third-order valence-corrected chi connectivity index (χ3v) is 4.79. The van der Waals surface area contributed by atoms with Crippen molar-refractivity contribution in [3.8, 4) is 22.8 Å². The molecule has 0 radical (unpaired) electrons. The van der Waals surface area contributed by atoms with Gasteiger partial charge in [-0.05, 0) is 18.2 Å². The summed E-state index contributed by atoms with van der Waals surface area (Å²) in [5.41, 5.74) is 1.83. The Kier molecular flexibility index (Phi) is 5.90. The Bertz CT molecular complexity index is 656. The molecule has 1 saturated heterocycles. The van der Waals surface area contributed by atoms with Crippen molar-refractivity contribution in [3.63, 3.8) is 0 Å². The van der Waals surface area contributed by atoms with Crippen LogP contribution >= 0.6 is 11.3 Å². The minimum Gasteiger partial charge on any atom is -0.497 e. The van der Waals surface area contributed by atoms with E-state index in [0.29, 0.717) is 0 Å². The number of hydrogen-bond acceptors (Lipinski definition) is 7. The molecule has 2 heterocycles. The number of nitrogens with zero attached hydrogens (tertiary/aromatic N) is 2. The summed E-state index contributed by atoms with van der Waals surface area (Å²) in [6, 6.07) is 5.74. The number of benzene rings is 1. The number of methoxy groups -OCH3 is 2. The van der Waals surface area contributed by atoms with Gasteiger partial charge in [0.2, 0.25) is 0 Å². The van der Waals surface area contributed by atoms with Crippen LogP contribution in [0.25, 0.3) is 11.3 Å². The highest BCUT2D eigenvalue weighted by Gasteiger charge is 2.13. The summed E-state index contributed by atoms with van der Waals surface area (Å²) < 4.78 is 16.1. The summed E-state index contributed by atoms with van der Waals surface area (Å²) in [6.45, 7) is 5.55. The number of morpholine rings is 1. The molecule has 3 rings (SSSR count). The fourth-order valence-corrected chi connectivity index (χ4v) is 3.38. The maximum absolute atomic E-state index is 5.44. The van der Waals surface area contributed by atoms with E-state index in [1.54, 1.807) is 25.6 Å². The summed E-state index contributed by atoms with van der Waals surface area (Å²) >= 11 is 1.60. The Hall–Kier alpha value is -1.83. The van der Waals surface area contributed by atoms with E-state index in [-0.39, 0.29) is 0 Å². The molecule has 0 amide bonds. The van der Waals surface area contributed by atoms with Crippen LogP contribution in [-0.2, 0) is 4.74 Å². The molecular formula is C17H23N3O3S. The van der Waals surface area contributed by atoms with E-state index in [2.05, 4.69) is 15.2 Å². The van der Waals surface area contributed by atoms with Gasteiger partial charge in [0.25, 0.3) is 0 Å². The van der Waals surface area contributed by atoms with Gasteiger partial charge in [-0.3, -0.25) is 4.90 Å². The Morgan fingerprint density at radius 3 is 2.83 bits per heavy atom. The molecule has 1 aliphatic rings. The minimum absolute atomic E-state index is 0.792. The standard InChI is InChI=1S/C17H23N3O3S/c1-21-13-3-4-16(22-2)14(11-13)15-12-24-17(19-15)18-5-6-20-7-9-23-10-8-20/h3-4,11-12H,5-10H2,1-2H3,(H,18,19). The fraction of sp³-hybridized carbons (Fsp3) is 0.471. The van der Waals surface area contributed by atoms with Gasteiger partial charge in [0.1, 0.15) is 11.5 Å².